The molecule has 0 radical (unpaired) electrons. The molecule has 0 saturated heterocycles. The Labute approximate surface area is 172 Å². The minimum Gasteiger partial charge on any atom is -0.497 e. The Bertz CT molecular complexity index is 1370. The number of anilines is 1. The van der Waals surface area contributed by atoms with E-state index in [1.807, 2.05) is 84.9 Å². The first kappa shape index (κ1) is 17.9. The normalized spacial score (nSPS) is 11.0. The number of nitrogens with zero attached hydrogens (tertiary/aromatic N) is 3. The molecule has 146 valence electrons. The van der Waals surface area contributed by atoms with Crippen LogP contribution in [0.3, 0.4) is 0 Å². The molecule has 0 unspecified atom stereocenters. The molecule has 1 N–H and O–H groups in total. The lowest BCUT2D eigenvalue weighted by Gasteiger charge is -2.08. The first-order chi connectivity index (χ1) is 14.7. The lowest BCUT2D eigenvalue weighted by molar-refractivity contribution is 0.102. The first-order valence-corrected chi connectivity index (χ1v) is 9.52. The van der Waals surface area contributed by atoms with Crippen LogP contribution in [-0.4, -0.2) is 28.0 Å². The van der Waals surface area contributed by atoms with E-state index in [4.69, 9.17) is 4.74 Å². The SMILES string of the molecule is COc1ccc(-n2nc3ccc(NC(=O)c4cccc5ccccc45)cc3n2)cc1. The molecule has 1 heterocycles. The number of carbonyl (C=O) groups excluding carboxylic acids is 1. The predicted molar refractivity (Wildman–Crippen MR) is 117 cm³/mol. The van der Waals surface area contributed by atoms with E-state index in [9.17, 15) is 4.79 Å². The zero-order chi connectivity index (χ0) is 20.5. The number of fused-ring (bicyclic) bond motifs is 2. The number of hydrogen-bond donors (Lipinski definition) is 1. The Morgan fingerprint density at radius 1 is 0.867 bits per heavy atom. The highest BCUT2D eigenvalue weighted by molar-refractivity contribution is 6.13. The van der Waals surface area contributed by atoms with Gasteiger partial charge in [-0.1, -0.05) is 36.4 Å². The molecule has 0 aliphatic heterocycles. The van der Waals surface area contributed by atoms with Crippen molar-refractivity contribution in [2.45, 2.75) is 0 Å². The van der Waals surface area contributed by atoms with E-state index >= 15 is 0 Å². The summed E-state index contributed by atoms with van der Waals surface area (Å²) in [5.74, 6) is 0.614. The molecule has 6 heteroatoms. The second kappa shape index (κ2) is 7.33. The van der Waals surface area contributed by atoms with Crippen LogP contribution in [0.15, 0.2) is 84.9 Å². The molecule has 0 atom stereocenters. The largest absolute Gasteiger partial charge is 0.497 e. The quantitative estimate of drug-likeness (QED) is 0.474. The first-order valence-electron chi connectivity index (χ1n) is 9.52. The molecular weight excluding hydrogens is 376 g/mol. The molecule has 5 aromatic rings. The van der Waals surface area contributed by atoms with Crippen molar-refractivity contribution in [2.75, 3.05) is 12.4 Å². The maximum absolute atomic E-state index is 12.9. The average Bonchev–Trinajstić information content (AvgIpc) is 3.22. The maximum atomic E-state index is 12.9. The number of rotatable bonds is 4. The van der Waals surface area contributed by atoms with E-state index in [1.165, 1.54) is 0 Å². The van der Waals surface area contributed by atoms with E-state index in [2.05, 4.69) is 15.5 Å². The van der Waals surface area contributed by atoms with Gasteiger partial charge in [-0.05, 0) is 59.3 Å². The van der Waals surface area contributed by atoms with E-state index in [-0.39, 0.29) is 5.91 Å². The Kier molecular flexibility index (Phi) is 4.37. The van der Waals surface area contributed by atoms with Crippen molar-refractivity contribution in [1.29, 1.82) is 0 Å². The van der Waals surface area contributed by atoms with Gasteiger partial charge in [0.1, 0.15) is 16.8 Å². The van der Waals surface area contributed by atoms with Crippen LogP contribution in [0.25, 0.3) is 27.5 Å². The number of ether oxygens (including phenoxy) is 1. The number of nitrogens with one attached hydrogen (secondary N) is 1. The van der Waals surface area contributed by atoms with Crippen LogP contribution in [0, 0.1) is 0 Å². The summed E-state index contributed by atoms with van der Waals surface area (Å²) in [6.45, 7) is 0. The summed E-state index contributed by atoms with van der Waals surface area (Å²) in [7, 11) is 1.63. The smallest absolute Gasteiger partial charge is 0.256 e. The standard InChI is InChI=1S/C24H18N4O2/c1-30-19-12-10-18(11-13-19)28-26-22-14-9-17(15-23(22)27-28)25-24(29)21-8-4-6-16-5-2-3-7-20(16)21/h2-15H,1H3,(H,25,29). The van der Waals surface area contributed by atoms with Crippen molar-refractivity contribution < 1.29 is 9.53 Å². The molecule has 1 aromatic heterocycles. The molecule has 0 aliphatic rings. The summed E-state index contributed by atoms with van der Waals surface area (Å²) in [5, 5.41) is 14.0. The van der Waals surface area contributed by atoms with Crippen LogP contribution in [-0.2, 0) is 0 Å². The van der Waals surface area contributed by atoms with Gasteiger partial charge in [0.2, 0.25) is 0 Å². The second-order valence-electron chi connectivity index (χ2n) is 6.87. The second-order valence-corrected chi connectivity index (χ2v) is 6.87. The summed E-state index contributed by atoms with van der Waals surface area (Å²) < 4.78 is 5.19. The predicted octanol–water partition coefficient (Wildman–Crippen LogP) is 4.83. The van der Waals surface area contributed by atoms with Crippen molar-refractivity contribution in [3.8, 4) is 11.4 Å². The Morgan fingerprint density at radius 3 is 2.47 bits per heavy atom. The number of aromatic nitrogens is 3. The average molecular weight is 394 g/mol. The molecule has 30 heavy (non-hydrogen) atoms. The highest BCUT2D eigenvalue weighted by Gasteiger charge is 2.12. The fourth-order valence-electron chi connectivity index (χ4n) is 3.45. The Balaban J connectivity index is 1.44. The number of methoxy groups -OCH3 is 1. The molecule has 0 aliphatic carbocycles. The maximum Gasteiger partial charge on any atom is 0.256 e. The minimum absolute atomic E-state index is 0.159. The van der Waals surface area contributed by atoms with Crippen LogP contribution in [0.4, 0.5) is 5.69 Å². The van der Waals surface area contributed by atoms with Gasteiger partial charge >= 0.3 is 0 Å². The van der Waals surface area contributed by atoms with Crippen molar-refractivity contribution in [3.63, 3.8) is 0 Å². The van der Waals surface area contributed by atoms with Crippen LogP contribution in [0.1, 0.15) is 10.4 Å². The monoisotopic (exact) mass is 394 g/mol. The van der Waals surface area contributed by atoms with Crippen LogP contribution >= 0.6 is 0 Å². The van der Waals surface area contributed by atoms with Gasteiger partial charge in [-0.2, -0.15) is 4.80 Å². The summed E-state index contributed by atoms with van der Waals surface area (Å²) >= 11 is 0. The van der Waals surface area contributed by atoms with E-state index < -0.39 is 0 Å². The van der Waals surface area contributed by atoms with Gasteiger partial charge in [0.15, 0.2) is 0 Å². The summed E-state index contributed by atoms with van der Waals surface area (Å²) in [6.07, 6.45) is 0. The third-order valence-electron chi connectivity index (χ3n) is 4.98. The minimum atomic E-state index is -0.159. The van der Waals surface area contributed by atoms with Gasteiger partial charge in [-0.3, -0.25) is 4.79 Å². The number of hydrogen-bond acceptors (Lipinski definition) is 4. The van der Waals surface area contributed by atoms with Crippen molar-refractivity contribution >= 4 is 33.4 Å². The zero-order valence-electron chi connectivity index (χ0n) is 16.2. The molecule has 0 spiro atoms. The number of benzene rings is 4. The van der Waals surface area contributed by atoms with Gasteiger partial charge in [0.25, 0.3) is 5.91 Å². The number of amides is 1. The van der Waals surface area contributed by atoms with Crippen molar-refractivity contribution in [1.82, 2.24) is 15.0 Å². The van der Waals surface area contributed by atoms with Crippen LogP contribution < -0.4 is 10.1 Å². The third kappa shape index (κ3) is 3.24. The van der Waals surface area contributed by atoms with Crippen LogP contribution in [0.2, 0.25) is 0 Å². The summed E-state index contributed by atoms with van der Waals surface area (Å²) in [6, 6.07) is 26.6. The molecule has 1 amide bonds. The Hall–Kier alpha value is -4.19. The molecule has 4 aromatic carbocycles. The molecule has 0 saturated carbocycles. The highest BCUT2D eigenvalue weighted by Crippen LogP contribution is 2.22. The van der Waals surface area contributed by atoms with Gasteiger partial charge in [-0.15, -0.1) is 10.2 Å². The topological polar surface area (TPSA) is 69.0 Å². The lowest BCUT2D eigenvalue weighted by atomic mass is 10.0. The number of carbonyl (C=O) groups is 1. The molecular formula is C24H18N4O2. The van der Waals surface area contributed by atoms with Crippen LogP contribution in [0.5, 0.6) is 5.75 Å². The van der Waals surface area contributed by atoms with E-state index in [1.54, 1.807) is 11.9 Å². The van der Waals surface area contributed by atoms with E-state index in [0.29, 0.717) is 16.8 Å². The van der Waals surface area contributed by atoms with E-state index in [0.717, 1.165) is 27.7 Å². The summed E-state index contributed by atoms with van der Waals surface area (Å²) in [5.41, 5.74) is 3.57. The molecule has 6 nitrogen and oxygen atoms in total. The Morgan fingerprint density at radius 2 is 1.63 bits per heavy atom. The highest BCUT2D eigenvalue weighted by atomic mass is 16.5. The van der Waals surface area contributed by atoms with Gasteiger partial charge in [-0.25, -0.2) is 0 Å². The fourth-order valence-corrected chi connectivity index (χ4v) is 3.45. The van der Waals surface area contributed by atoms with Crippen molar-refractivity contribution in [2.24, 2.45) is 0 Å². The van der Waals surface area contributed by atoms with Gasteiger partial charge in [0, 0.05) is 11.3 Å². The van der Waals surface area contributed by atoms with Gasteiger partial charge < -0.3 is 10.1 Å². The summed E-state index contributed by atoms with van der Waals surface area (Å²) in [4.78, 5) is 14.5. The lowest BCUT2D eigenvalue weighted by Crippen LogP contribution is -2.12. The van der Waals surface area contributed by atoms with Crippen molar-refractivity contribution in [3.05, 3.63) is 90.5 Å². The molecule has 5 rings (SSSR count). The molecule has 0 bridgehead atoms. The third-order valence-corrected chi connectivity index (χ3v) is 4.98. The molecule has 0 fully saturated rings. The zero-order valence-corrected chi connectivity index (χ0v) is 16.2. The van der Waals surface area contributed by atoms with Gasteiger partial charge in [0.05, 0.1) is 12.8 Å². The fraction of sp³-hybridized carbons (Fsp3) is 0.0417.